The average molecular weight is 393 g/mol. The molecule has 1 N–H and O–H groups in total. The van der Waals surface area contributed by atoms with E-state index < -0.39 is 12.1 Å². The number of carbonyl (C=O) groups excluding carboxylic acids is 2. The second kappa shape index (κ2) is 9.92. The minimum atomic E-state index is -0.860. The van der Waals surface area contributed by atoms with Gasteiger partial charge in [-0.2, -0.15) is 0 Å². The molecule has 0 aliphatic heterocycles. The second-order valence-corrected chi connectivity index (χ2v) is 7.07. The topological polar surface area (TPSA) is 64.6 Å². The van der Waals surface area contributed by atoms with E-state index in [1.54, 1.807) is 13.0 Å². The fraction of sp³-hybridized carbons (Fsp3) is 0.333. The Morgan fingerprint density at radius 1 is 1.17 bits per heavy atom. The summed E-state index contributed by atoms with van der Waals surface area (Å²) < 4.78 is 10.7. The molecule has 2 atom stereocenters. The summed E-state index contributed by atoms with van der Waals surface area (Å²) in [6, 6.07) is 15.5. The lowest BCUT2D eigenvalue weighted by Crippen LogP contribution is -2.39. The molecule has 0 radical (unpaired) electrons. The maximum atomic E-state index is 12.5. The summed E-state index contributed by atoms with van der Waals surface area (Å²) in [4.78, 5) is 24.6. The summed E-state index contributed by atoms with van der Waals surface area (Å²) in [5, 5.41) is 3.02. The molecule has 0 aromatic heterocycles. The number of ether oxygens (including phenoxy) is 2. The maximum Gasteiger partial charge on any atom is 0.331 e. The number of fused-ring (bicyclic) bond motifs is 1. The molecule has 152 valence electrons. The molecular formula is C24H27NO4. The van der Waals surface area contributed by atoms with E-state index in [9.17, 15) is 9.59 Å². The number of hydrogen-bond acceptors (Lipinski definition) is 4. The van der Waals surface area contributed by atoms with Gasteiger partial charge in [-0.05, 0) is 68.0 Å². The first-order valence-electron chi connectivity index (χ1n) is 10.1. The quantitative estimate of drug-likeness (QED) is 0.565. The van der Waals surface area contributed by atoms with E-state index in [4.69, 9.17) is 9.47 Å². The van der Waals surface area contributed by atoms with Crippen molar-refractivity contribution in [1.82, 2.24) is 5.32 Å². The normalized spacial score (nSPS) is 16.7. The molecule has 1 aliphatic carbocycles. The van der Waals surface area contributed by atoms with Gasteiger partial charge in [-0.1, -0.05) is 36.4 Å². The highest BCUT2D eigenvalue weighted by molar-refractivity contribution is 5.90. The van der Waals surface area contributed by atoms with Crippen LogP contribution < -0.4 is 10.1 Å². The average Bonchev–Trinajstić information content (AvgIpc) is 2.73. The molecule has 0 saturated carbocycles. The van der Waals surface area contributed by atoms with Crippen LogP contribution in [0, 0.1) is 0 Å². The molecule has 0 spiro atoms. The van der Waals surface area contributed by atoms with Crippen molar-refractivity contribution in [2.24, 2.45) is 0 Å². The third-order valence-electron chi connectivity index (χ3n) is 4.95. The predicted octanol–water partition coefficient (Wildman–Crippen LogP) is 4.22. The van der Waals surface area contributed by atoms with Crippen LogP contribution in [0.1, 0.15) is 49.4 Å². The smallest absolute Gasteiger partial charge is 0.331 e. The number of carbonyl (C=O) groups is 2. The van der Waals surface area contributed by atoms with Gasteiger partial charge in [-0.3, -0.25) is 4.79 Å². The van der Waals surface area contributed by atoms with Crippen molar-refractivity contribution in [3.05, 3.63) is 71.3 Å². The number of benzene rings is 2. The summed E-state index contributed by atoms with van der Waals surface area (Å²) in [5.41, 5.74) is 3.27. The molecule has 5 nitrogen and oxygen atoms in total. The van der Waals surface area contributed by atoms with Gasteiger partial charge in [0.15, 0.2) is 6.10 Å². The largest absolute Gasteiger partial charge is 0.494 e. The zero-order valence-electron chi connectivity index (χ0n) is 16.9. The molecule has 1 aliphatic rings. The molecule has 2 aromatic rings. The number of aryl methyl sites for hydroxylation is 1. The highest BCUT2D eigenvalue weighted by Crippen LogP contribution is 2.29. The molecule has 0 saturated heterocycles. The lowest BCUT2D eigenvalue weighted by atomic mass is 9.87. The Morgan fingerprint density at radius 2 is 1.93 bits per heavy atom. The second-order valence-electron chi connectivity index (χ2n) is 7.07. The van der Waals surface area contributed by atoms with Crippen LogP contribution >= 0.6 is 0 Å². The molecule has 3 rings (SSSR count). The summed E-state index contributed by atoms with van der Waals surface area (Å²) in [5.74, 6) is -0.0538. The van der Waals surface area contributed by atoms with Crippen molar-refractivity contribution in [3.63, 3.8) is 0 Å². The molecule has 2 aromatic carbocycles. The third kappa shape index (κ3) is 5.70. The number of amides is 1. The molecule has 5 heteroatoms. The highest BCUT2D eigenvalue weighted by atomic mass is 16.5. The summed E-state index contributed by atoms with van der Waals surface area (Å²) in [6.07, 6.45) is 5.07. The van der Waals surface area contributed by atoms with Gasteiger partial charge in [-0.15, -0.1) is 0 Å². The lowest BCUT2D eigenvalue weighted by molar-refractivity contribution is -0.150. The van der Waals surface area contributed by atoms with Gasteiger partial charge in [0.25, 0.3) is 5.91 Å². The van der Waals surface area contributed by atoms with Gasteiger partial charge in [0.2, 0.25) is 0 Å². The third-order valence-corrected chi connectivity index (χ3v) is 4.95. The van der Waals surface area contributed by atoms with Crippen molar-refractivity contribution in [3.8, 4) is 5.75 Å². The molecule has 29 heavy (non-hydrogen) atoms. The van der Waals surface area contributed by atoms with Crippen molar-refractivity contribution in [2.75, 3.05) is 6.61 Å². The SMILES string of the molecule is CCOc1ccc(/C=C/C(=O)O[C@H](C)C(=O)N[C@H]2CCCc3ccccc32)cc1. The Balaban J connectivity index is 1.52. The van der Waals surface area contributed by atoms with E-state index >= 15 is 0 Å². The predicted molar refractivity (Wildman–Crippen MR) is 112 cm³/mol. The van der Waals surface area contributed by atoms with Crippen molar-refractivity contribution < 1.29 is 19.1 Å². The van der Waals surface area contributed by atoms with Crippen LogP contribution in [0.15, 0.2) is 54.6 Å². The van der Waals surface area contributed by atoms with Gasteiger partial charge in [-0.25, -0.2) is 4.79 Å². The van der Waals surface area contributed by atoms with Gasteiger partial charge in [0, 0.05) is 6.08 Å². The maximum absolute atomic E-state index is 12.5. The van der Waals surface area contributed by atoms with Crippen molar-refractivity contribution in [2.45, 2.75) is 45.3 Å². The van der Waals surface area contributed by atoms with Gasteiger partial charge >= 0.3 is 5.97 Å². The Kier molecular flexibility index (Phi) is 7.06. The number of rotatable bonds is 7. The van der Waals surface area contributed by atoms with Crippen LogP contribution in [0.5, 0.6) is 5.75 Å². The molecule has 0 bridgehead atoms. The van der Waals surface area contributed by atoms with Crippen LogP contribution in [-0.4, -0.2) is 24.6 Å². The van der Waals surface area contributed by atoms with Crippen LogP contribution in [0.25, 0.3) is 6.08 Å². The number of hydrogen-bond donors (Lipinski definition) is 1. The number of nitrogens with one attached hydrogen (secondary N) is 1. The first kappa shape index (κ1) is 20.6. The van der Waals surface area contributed by atoms with E-state index in [1.807, 2.05) is 43.3 Å². The van der Waals surface area contributed by atoms with Crippen LogP contribution in [-0.2, 0) is 20.7 Å². The monoisotopic (exact) mass is 393 g/mol. The van der Waals surface area contributed by atoms with E-state index in [0.29, 0.717) is 6.61 Å². The summed E-state index contributed by atoms with van der Waals surface area (Å²) in [7, 11) is 0. The molecule has 0 fully saturated rings. The summed E-state index contributed by atoms with van der Waals surface area (Å²) in [6.45, 7) is 4.12. The Hall–Kier alpha value is -3.08. The van der Waals surface area contributed by atoms with E-state index in [1.165, 1.54) is 11.6 Å². The summed E-state index contributed by atoms with van der Waals surface area (Å²) >= 11 is 0. The first-order valence-corrected chi connectivity index (χ1v) is 10.1. The fourth-order valence-electron chi connectivity index (χ4n) is 3.47. The minimum Gasteiger partial charge on any atom is -0.494 e. The van der Waals surface area contributed by atoms with Crippen LogP contribution in [0.2, 0.25) is 0 Å². The molecule has 0 unspecified atom stereocenters. The Bertz CT molecular complexity index is 873. The van der Waals surface area contributed by atoms with Gasteiger partial charge in [0.1, 0.15) is 5.75 Å². The molecule has 0 heterocycles. The van der Waals surface area contributed by atoms with Crippen molar-refractivity contribution in [1.29, 1.82) is 0 Å². The van der Waals surface area contributed by atoms with Gasteiger partial charge in [0.05, 0.1) is 12.6 Å². The first-order chi connectivity index (χ1) is 14.1. The molecular weight excluding hydrogens is 366 g/mol. The van der Waals surface area contributed by atoms with E-state index in [2.05, 4.69) is 17.4 Å². The van der Waals surface area contributed by atoms with E-state index in [-0.39, 0.29) is 11.9 Å². The number of esters is 1. The Labute approximate surface area is 171 Å². The van der Waals surface area contributed by atoms with Gasteiger partial charge < -0.3 is 14.8 Å². The van der Waals surface area contributed by atoms with Crippen LogP contribution in [0.3, 0.4) is 0 Å². The fourth-order valence-corrected chi connectivity index (χ4v) is 3.47. The Morgan fingerprint density at radius 3 is 2.69 bits per heavy atom. The molecule has 1 amide bonds. The van der Waals surface area contributed by atoms with Crippen LogP contribution in [0.4, 0.5) is 0 Å². The van der Waals surface area contributed by atoms with Crippen molar-refractivity contribution >= 4 is 18.0 Å². The zero-order chi connectivity index (χ0) is 20.6. The van der Waals surface area contributed by atoms with E-state index in [0.717, 1.165) is 36.1 Å². The minimum absolute atomic E-state index is 0.0343. The standard InChI is InChI=1S/C24H27NO4/c1-3-28-20-14-11-18(12-15-20)13-16-23(26)29-17(2)24(27)25-22-10-6-8-19-7-4-5-9-21(19)22/h4-5,7,9,11-17,22H,3,6,8,10H2,1-2H3,(H,25,27)/b16-13+/t17-,22+/m1/s1. The zero-order valence-corrected chi connectivity index (χ0v) is 16.9. The highest BCUT2D eigenvalue weighted by Gasteiger charge is 2.24. The lowest BCUT2D eigenvalue weighted by Gasteiger charge is -2.27.